The number of nitrogens with one attached hydrogen (secondary N) is 2. The Balaban J connectivity index is 2.48. The molecule has 0 saturated carbocycles. The van der Waals surface area contributed by atoms with Gasteiger partial charge in [0.15, 0.2) is 5.78 Å². The maximum absolute atomic E-state index is 12.1. The molecule has 21 heavy (non-hydrogen) atoms. The van der Waals surface area contributed by atoms with Gasteiger partial charge in [0.25, 0.3) is 0 Å². The summed E-state index contributed by atoms with van der Waals surface area (Å²) in [7, 11) is 0. The molecule has 2 atom stereocenters. The van der Waals surface area contributed by atoms with Crippen molar-refractivity contribution in [1.29, 1.82) is 0 Å². The summed E-state index contributed by atoms with van der Waals surface area (Å²) < 4.78 is 0. The molecule has 0 spiro atoms. The normalized spacial score (nSPS) is 20.0. The largest absolute Gasteiger partial charge is 0.395 e. The molecule has 1 heterocycles. The molecular weight excluding hydrogens is 270 g/mol. The second-order valence-electron chi connectivity index (χ2n) is 6.15. The first-order chi connectivity index (χ1) is 9.93. The smallest absolute Gasteiger partial charge is 0.234 e. The van der Waals surface area contributed by atoms with Crippen molar-refractivity contribution in [2.75, 3.05) is 32.8 Å². The van der Waals surface area contributed by atoms with E-state index in [0.717, 1.165) is 25.9 Å². The van der Waals surface area contributed by atoms with E-state index in [0.29, 0.717) is 12.6 Å². The van der Waals surface area contributed by atoms with Gasteiger partial charge >= 0.3 is 0 Å². The molecule has 122 valence electrons. The molecule has 1 saturated heterocycles. The minimum atomic E-state index is -0.432. The molecule has 0 aromatic rings. The lowest BCUT2D eigenvalue weighted by atomic mass is 10.0. The van der Waals surface area contributed by atoms with Crippen LogP contribution in [0.4, 0.5) is 0 Å². The predicted molar refractivity (Wildman–Crippen MR) is 82.0 cm³/mol. The summed E-state index contributed by atoms with van der Waals surface area (Å²) >= 11 is 0. The molecular formula is C15H29N3O3. The van der Waals surface area contributed by atoms with E-state index in [-0.39, 0.29) is 30.8 Å². The van der Waals surface area contributed by atoms with Crippen LogP contribution in [0.3, 0.4) is 0 Å². The van der Waals surface area contributed by atoms with Crippen molar-refractivity contribution < 1.29 is 14.7 Å². The molecule has 2 unspecified atom stereocenters. The lowest BCUT2D eigenvalue weighted by molar-refractivity contribution is -0.128. The fraction of sp³-hybridized carbons (Fsp3) is 0.867. The Bertz CT molecular complexity index is 341. The Morgan fingerprint density at radius 3 is 2.62 bits per heavy atom. The maximum atomic E-state index is 12.1. The average Bonchev–Trinajstić information content (AvgIpc) is 2.88. The predicted octanol–water partition coefficient (Wildman–Crippen LogP) is -0.237. The summed E-state index contributed by atoms with van der Waals surface area (Å²) in [5, 5.41) is 15.3. The van der Waals surface area contributed by atoms with E-state index in [1.807, 2.05) is 18.7 Å². The lowest BCUT2D eigenvalue weighted by Gasteiger charge is -2.26. The molecule has 6 heteroatoms. The van der Waals surface area contributed by atoms with Crippen LogP contribution < -0.4 is 10.6 Å². The van der Waals surface area contributed by atoms with Crippen molar-refractivity contribution in [3.05, 3.63) is 0 Å². The Labute approximate surface area is 127 Å². The monoisotopic (exact) mass is 299 g/mol. The van der Waals surface area contributed by atoms with Gasteiger partial charge < -0.3 is 15.7 Å². The van der Waals surface area contributed by atoms with E-state index >= 15 is 0 Å². The zero-order valence-corrected chi connectivity index (χ0v) is 13.4. The van der Waals surface area contributed by atoms with E-state index in [1.165, 1.54) is 6.92 Å². The van der Waals surface area contributed by atoms with Crippen LogP contribution in [0.15, 0.2) is 0 Å². The van der Waals surface area contributed by atoms with Gasteiger partial charge in [-0.15, -0.1) is 0 Å². The van der Waals surface area contributed by atoms with Gasteiger partial charge in [0.1, 0.15) is 0 Å². The third kappa shape index (κ3) is 6.54. The summed E-state index contributed by atoms with van der Waals surface area (Å²) in [4.78, 5) is 25.6. The van der Waals surface area contributed by atoms with Crippen molar-refractivity contribution in [2.24, 2.45) is 5.92 Å². The molecule has 1 amide bonds. The highest BCUT2D eigenvalue weighted by atomic mass is 16.3. The third-order valence-electron chi connectivity index (χ3n) is 3.85. The molecule has 0 radical (unpaired) electrons. The van der Waals surface area contributed by atoms with Crippen LogP contribution in [0.25, 0.3) is 0 Å². The number of rotatable bonds is 9. The first-order valence-corrected chi connectivity index (χ1v) is 7.80. The number of hydrogen-bond donors (Lipinski definition) is 3. The van der Waals surface area contributed by atoms with Gasteiger partial charge in [-0.05, 0) is 32.2 Å². The first kappa shape index (κ1) is 18.1. The summed E-state index contributed by atoms with van der Waals surface area (Å²) in [6.07, 6.45) is 2.26. The SMILES string of the molecule is CC(=O)C(NC(=O)CN(CCO)CC1CCCN1)C(C)C. The number of amides is 1. The Hall–Kier alpha value is -0.980. The van der Waals surface area contributed by atoms with Gasteiger partial charge in [0.05, 0.1) is 19.2 Å². The highest BCUT2D eigenvalue weighted by Gasteiger charge is 2.23. The van der Waals surface area contributed by atoms with Gasteiger partial charge in [-0.25, -0.2) is 0 Å². The number of carbonyl (C=O) groups excluding carboxylic acids is 2. The van der Waals surface area contributed by atoms with Crippen LogP contribution in [0.5, 0.6) is 0 Å². The van der Waals surface area contributed by atoms with Crippen LogP contribution in [0.1, 0.15) is 33.6 Å². The molecule has 0 aliphatic carbocycles. The maximum Gasteiger partial charge on any atom is 0.234 e. The highest BCUT2D eigenvalue weighted by molar-refractivity contribution is 5.88. The van der Waals surface area contributed by atoms with Gasteiger partial charge in [0.2, 0.25) is 5.91 Å². The molecule has 3 N–H and O–H groups in total. The number of Topliss-reactive ketones (excluding diaryl/α,β-unsaturated/α-hetero) is 1. The molecule has 1 aliphatic rings. The summed E-state index contributed by atoms with van der Waals surface area (Å²) in [5.74, 6) is -0.103. The zero-order chi connectivity index (χ0) is 15.8. The molecule has 1 rings (SSSR count). The van der Waals surface area contributed by atoms with Crippen molar-refractivity contribution in [3.8, 4) is 0 Å². The van der Waals surface area contributed by atoms with E-state index in [2.05, 4.69) is 10.6 Å². The third-order valence-corrected chi connectivity index (χ3v) is 3.85. The van der Waals surface area contributed by atoms with Crippen LogP contribution in [0, 0.1) is 5.92 Å². The number of aliphatic hydroxyl groups excluding tert-OH is 1. The second kappa shape index (κ2) is 9.12. The Morgan fingerprint density at radius 2 is 2.14 bits per heavy atom. The topological polar surface area (TPSA) is 81.7 Å². The van der Waals surface area contributed by atoms with Crippen molar-refractivity contribution in [1.82, 2.24) is 15.5 Å². The van der Waals surface area contributed by atoms with Crippen LogP contribution >= 0.6 is 0 Å². The second-order valence-corrected chi connectivity index (χ2v) is 6.15. The van der Waals surface area contributed by atoms with Crippen molar-refractivity contribution in [3.63, 3.8) is 0 Å². The Morgan fingerprint density at radius 1 is 1.43 bits per heavy atom. The number of aliphatic hydroxyl groups is 1. The summed E-state index contributed by atoms with van der Waals surface area (Å²) in [6.45, 7) is 7.82. The molecule has 1 fully saturated rings. The molecule has 0 aromatic heterocycles. The van der Waals surface area contributed by atoms with Gasteiger partial charge in [-0.2, -0.15) is 0 Å². The van der Waals surface area contributed by atoms with Crippen LogP contribution in [-0.4, -0.2) is 66.6 Å². The molecule has 6 nitrogen and oxygen atoms in total. The Kier molecular flexibility index (Phi) is 7.85. The number of hydrogen-bond acceptors (Lipinski definition) is 5. The lowest BCUT2D eigenvalue weighted by Crippen LogP contribution is -2.49. The molecule has 0 aromatic carbocycles. The van der Waals surface area contributed by atoms with Crippen molar-refractivity contribution in [2.45, 2.75) is 45.7 Å². The average molecular weight is 299 g/mol. The first-order valence-electron chi connectivity index (χ1n) is 7.80. The molecule has 1 aliphatic heterocycles. The number of ketones is 1. The number of nitrogens with zero attached hydrogens (tertiary/aromatic N) is 1. The zero-order valence-electron chi connectivity index (χ0n) is 13.4. The number of carbonyl (C=O) groups is 2. The van der Waals surface area contributed by atoms with E-state index in [4.69, 9.17) is 5.11 Å². The highest BCUT2D eigenvalue weighted by Crippen LogP contribution is 2.07. The quantitative estimate of drug-likeness (QED) is 0.547. The van der Waals surface area contributed by atoms with E-state index < -0.39 is 6.04 Å². The van der Waals surface area contributed by atoms with E-state index in [1.54, 1.807) is 0 Å². The standard InChI is InChI=1S/C15H29N3O3/c1-11(2)15(12(3)20)17-14(21)10-18(7-8-19)9-13-5-4-6-16-13/h11,13,15-16,19H,4-10H2,1-3H3,(H,17,21). The molecule has 0 bridgehead atoms. The minimum Gasteiger partial charge on any atom is -0.395 e. The van der Waals surface area contributed by atoms with Gasteiger partial charge in [-0.1, -0.05) is 13.8 Å². The fourth-order valence-corrected chi connectivity index (χ4v) is 2.76. The van der Waals surface area contributed by atoms with Gasteiger partial charge in [0, 0.05) is 19.1 Å². The van der Waals surface area contributed by atoms with E-state index in [9.17, 15) is 9.59 Å². The minimum absolute atomic E-state index is 0.0236. The fourth-order valence-electron chi connectivity index (χ4n) is 2.76. The van der Waals surface area contributed by atoms with Crippen LogP contribution in [-0.2, 0) is 9.59 Å². The van der Waals surface area contributed by atoms with Gasteiger partial charge in [-0.3, -0.25) is 14.5 Å². The van der Waals surface area contributed by atoms with Crippen LogP contribution in [0.2, 0.25) is 0 Å². The van der Waals surface area contributed by atoms with Crippen molar-refractivity contribution >= 4 is 11.7 Å². The summed E-state index contributed by atoms with van der Waals surface area (Å²) in [6, 6.07) is -0.0452. The summed E-state index contributed by atoms with van der Waals surface area (Å²) in [5.41, 5.74) is 0.